The van der Waals surface area contributed by atoms with Gasteiger partial charge in [-0.2, -0.15) is 0 Å². The van der Waals surface area contributed by atoms with Gasteiger partial charge in [0.25, 0.3) is 0 Å². The molecule has 0 saturated heterocycles. The van der Waals surface area contributed by atoms with Gasteiger partial charge in [0.05, 0.1) is 0 Å². The van der Waals surface area contributed by atoms with Crippen LogP contribution in [0.1, 0.15) is 19.4 Å². The van der Waals surface area contributed by atoms with Crippen LogP contribution < -0.4 is 10.2 Å². The Kier molecular flexibility index (Phi) is 6.14. The molecular weight excluding hydrogens is 230 g/mol. The zero-order valence-corrected chi connectivity index (χ0v) is 11.3. The molecule has 0 aliphatic heterocycles. The van der Waals surface area contributed by atoms with Crippen molar-refractivity contribution in [3.05, 3.63) is 23.9 Å². The Hall–Kier alpha value is -1.62. The van der Waals surface area contributed by atoms with Crippen LogP contribution in [0.3, 0.4) is 0 Å². The van der Waals surface area contributed by atoms with Crippen molar-refractivity contribution in [2.45, 2.75) is 20.4 Å². The average Bonchev–Trinajstić information content (AvgIpc) is 2.39. The molecule has 0 unspecified atom stereocenters. The second-order valence-corrected chi connectivity index (χ2v) is 3.87. The smallest absolute Gasteiger partial charge is 0.246 e. The van der Waals surface area contributed by atoms with Gasteiger partial charge in [-0.15, -0.1) is 0 Å². The summed E-state index contributed by atoms with van der Waals surface area (Å²) in [5.41, 5.74) is 1.02. The molecule has 1 aromatic heterocycles. The van der Waals surface area contributed by atoms with Gasteiger partial charge in [0, 0.05) is 38.5 Å². The lowest BCUT2D eigenvalue weighted by Gasteiger charge is -2.22. The Morgan fingerprint density at radius 3 is 2.78 bits per heavy atom. The first-order valence-corrected chi connectivity index (χ1v) is 6.17. The SMILES string of the molecule is CCN(CC)c1ncccc1CNC(=O)COC. The van der Waals surface area contributed by atoms with E-state index in [0.29, 0.717) is 6.54 Å². The number of nitrogens with one attached hydrogen (secondary N) is 1. The lowest BCUT2D eigenvalue weighted by atomic mass is 10.2. The van der Waals surface area contributed by atoms with Crippen molar-refractivity contribution >= 4 is 11.7 Å². The van der Waals surface area contributed by atoms with Crippen LogP contribution in [-0.4, -0.2) is 37.7 Å². The van der Waals surface area contributed by atoms with E-state index in [1.54, 1.807) is 6.20 Å². The quantitative estimate of drug-likeness (QED) is 0.791. The number of nitrogens with zero attached hydrogens (tertiary/aromatic N) is 2. The Morgan fingerprint density at radius 1 is 1.44 bits per heavy atom. The van der Waals surface area contributed by atoms with Gasteiger partial charge in [-0.3, -0.25) is 4.79 Å². The zero-order chi connectivity index (χ0) is 13.4. The molecule has 5 heteroatoms. The molecule has 0 radical (unpaired) electrons. The number of aromatic nitrogens is 1. The summed E-state index contributed by atoms with van der Waals surface area (Å²) in [4.78, 5) is 17.9. The standard InChI is InChI=1S/C13H21N3O2/c1-4-16(5-2)13-11(7-6-8-14-13)9-15-12(17)10-18-3/h6-8H,4-5,9-10H2,1-3H3,(H,15,17). The van der Waals surface area contributed by atoms with Crippen molar-refractivity contribution in [2.75, 3.05) is 31.7 Å². The van der Waals surface area contributed by atoms with Crippen molar-refractivity contribution in [3.63, 3.8) is 0 Å². The number of amides is 1. The molecule has 0 spiro atoms. The Balaban J connectivity index is 2.73. The van der Waals surface area contributed by atoms with Gasteiger partial charge < -0.3 is 15.0 Å². The van der Waals surface area contributed by atoms with E-state index in [1.165, 1.54) is 7.11 Å². The second kappa shape index (κ2) is 7.66. The van der Waals surface area contributed by atoms with Gasteiger partial charge >= 0.3 is 0 Å². The highest BCUT2D eigenvalue weighted by atomic mass is 16.5. The number of ether oxygens (including phenoxy) is 1. The molecule has 0 bridgehead atoms. The number of rotatable bonds is 7. The number of methoxy groups -OCH3 is 1. The number of carbonyl (C=O) groups excluding carboxylic acids is 1. The average molecular weight is 251 g/mol. The van der Waals surface area contributed by atoms with E-state index in [4.69, 9.17) is 4.74 Å². The summed E-state index contributed by atoms with van der Waals surface area (Å²) in [5.74, 6) is 0.812. The van der Waals surface area contributed by atoms with E-state index >= 15 is 0 Å². The Labute approximate surface area is 108 Å². The second-order valence-electron chi connectivity index (χ2n) is 3.87. The van der Waals surface area contributed by atoms with Gasteiger partial charge in [-0.1, -0.05) is 6.07 Å². The van der Waals surface area contributed by atoms with Crippen molar-refractivity contribution in [1.29, 1.82) is 0 Å². The van der Waals surface area contributed by atoms with Gasteiger partial charge in [0.15, 0.2) is 0 Å². The third kappa shape index (κ3) is 4.00. The molecule has 5 nitrogen and oxygen atoms in total. The number of carbonyl (C=O) groups is 1. The molecule has 18 heavy (non-hydrogen) atoms. The van der Waals surface area contributed by atoms with E-state index in [0.717, 1.165) is 24.5 Å². The minimum Gasteiger partial charge on any atom is -0.375 e. The maximum absolute atomic E-state index is 11.4. The third-order valence-electron chi connectivity index (χ3n) is 2.68. The molecule has 0 aromatic carbocycles. The monoisotopic (exact) mass is 251 g/mol. The van der Waals surface area contributed by atoms with Crippen molar-refractivity contribution in [2.24, 2.45) is 0 Å². The van der Waals surface area contributed by atoms with Crippen LogP contribution in [0.15, 0.2) is 18.3 Å². The number of hydrogen-bond donors (Lipinski definition) is 1. The highest BCUT2D eigenvalue weighted by molar-refractivity contribution is 5.77. The Bertz CT molecular complexity index is 378. The van der Waals surface area contributed by atoms with Crippen LogP contribution in [0.5, 0.6) is 0 Å². The van der Waals surface area contributed by atoms with Gasteiger partial charge in [0.2, 0.25) is 5.91 Å². The van der Waals surface area contributed by atoms with Gasteiger partial charge in [-0.05, 0) is 19.9 Å². The molecule has 1 heterocycles. The summed E-state index contributed by atoms with van der Waals surface area (Å²) in [6, 6.07) is 3.86. The third-order valence-corrected chi connectivity index (χ3v) is 2.68. The minimum atomic E-state index is -0.119. The molecule has 0 atom stereocenters. The van der Waals surface area contributed by atoms with E-state index in [9.17, 15) is 4.79 Å². The summed E-state index contributed by atoms with van der Waals surface area (Å²) in [6.07, 6.45) is 1.77. The van der Waals surface area contributed by atoms with Crippen LogP contribution in [-0.2, 0) is 16.1 Å². The summed E-state index contributed by atoms with van der Waals surface area (Å²) in [6.45, 7) is 6.53. The molecule has 0 aliphatic rings. The molecule has 1 amide bonds. The van der Waals surface area contributed by atoms with Crippen LogP contribution in [0.25, 0.3) is 0 Å². The molecule has 1 rings (SSSR count). The topological polar surface area (TPSA) is 54.5 Å². The summed E-state index contributed by atoms with van der Waals surface area (Å²) < 4.78 is 4.77. The Morgan fingerprint density at radius 2 is 2.17 bits per heavy atom. The van der Waals surface area contributed by atoms with Crippen molar-refractivity contribution in [1.82, 2.24) is 10.3 Å². The molecule has 100 valence electrons. The van der Waals surface area contributed by atoms with Gasteiger partial charge in [0.1, 0.15) is 12.4 Å². The molecule has 1 N–H and O–H groups in total. The van der Waals surface area contributed by atoms with E-state index in [2.05, 4.69) is 29.0 Å². The number of hydrogen-bond acceptors (Lipinski definition) is 4. The predicted molar refractivity (Wildman–Crippen MR) is 71.5 cm³/mol. The molecule has 0 fully saturated rings. The molecule has 0 aliphatic carbocycles. The first kappa shape index (κ1) is 14.4. The summed E-state index contributed by atoms with van der Waals surface area (Å²) in [5, 5.41) is 2.81. The van der Waals surface area contributed by atoms with E-state index < -0.39 is 0 Å². The minimum absolute atomic E-state index is 0.0842. The van der Waals surface area contributed by atoms with Gasteiger partial charge in [-0.25, -0.2) is 4.98 Å². The summed E-state index contributed by atoms with van der Waals surface area (Å²) >= 11 is 0. The van der Waals surface area contributed by atoms with Crippen LogP contribution in [0.4, 0.5) is 5.82 Å². The highest BCUT2D eigenvalue weighted by Crippen LogP contribution is 2.16. The first-order chi connectivity index (χ1) is 8.72. The normalized spacial score (nSPS) is 10.2. The largest absolute Gasteiger partial charge is 0.375 e. The fourth-order valence-corrected chi connectivity index (χ4v) is 1.75. The van der Waals surface area contributed by atoms with E-state index in [-0.39, 0.29) is 12.5 Å². The molecule has 1 aromatic rings. The van der Waals surface area contributed by atoms with E-state index in [1.807, 2.05) is 12.1 Å². The first-order valence-electron chi connectivity index (χ1n) is 6.17. The lowest BCUT2D eigenvalue weighted by Crippen LogP contribution is -2.29. The van der Waals surface area contributed by atoms with Crippen molar-refractivity contribution < 1.29 is 9.53 Å². The molecular formula is C13H21N3O2. The van der Waals surface area contributed by atoms with Crippen LogP contribution in [0.2, 0.25) is 0 Å². The highest BCUT2D eigenvalue weighted by Gasteiger charge is 2.10. The van der Waals surface area contributed by atoms with Crippen molar-refractivity contribution in [3.8, 4) is 0 Å². The fraction of sp³-hybridized carbons (Fsp3) is 0.538. The summed E-state index contributed by atoms with van der Waals surface area (Å²) in [7, 11) is 1.50. The maximum atomic E-state index is 11.4. The predicted octanol–water partition coefficient (Wildman–Crippen LogP) is 1.19. The molecule has 0 saturated carbocycles. The number of pyridine rings is 1. The lowest BCUT2D eigenvalue weighted by molar-refractivity contribution is -0.124. The zero-order valence-electron chi connectivity index (χ0n) is 11.3. The fourth-order valence-electron chi connectivity index (χ4n) is 1.75. The number of anilines is 1. The van der Waals surface area contributed by atoms with Crippen LogP contribution >= 0.6 is 0 Å². The van der Waals surface area contributed by atoms with Crippen LogP contribution in [0, 0.1) is 0 Å². The maximum Gasteiger partial charge on any atom is 0.246 e.